The number of rotatable bonds is 0. The highest BCUT2D eigenvalue weighted by Crippen LogP contribution is 2.10. The number of fused-ring (bicyclic) bond motifs is 1. The van der Waals surface area contributed by atoms with Crippen LogP contribution < -0.4 is 0 Å². The molecule has 2 heterocycles. The number of aromatic amines is 1. The average Bonchev–Trinajstić information content (AvgIpc) is 2.52. The maximum Gasteiger partial charge on any atom is 0.205 e. The predicted octanol–water partition coefficient (Wildman–Crippen LogP) is 0.643. The van der Waals surface area contributed by atoms with Gasteiger partial charge in [0.15, 0.2) is 0 Å². The minimum atomic E-state index is 0.404. The Balaban J connectivity index is 2.86. The van der Waals surface area contributed by atoms with E-state index in [0.29, 0.717) is 5.82 Å². The molecule has 0 saturated carbocycles. The zero-order valence-corrected chi connectivity index (χ0v) is 6.50. The van der Waals surface area contributed by atoms with Crippen LogP contribution in [0.2, 0.25) is 0 Å². The van der Waals surface area contributed by atoms with Crippen molar-refractivity contribution < 1.29 is 0 Å². The third-order valence-electron chi connectivity index (χ3n) is 1.61. The Morgan fingerprint density at radius 3 is 3.08 bits per heavy atom. The number of H-pyrrole nitrogens is 1. The molecule has 2 aromatic heterocycles. The van der Waals surface area contributed by atoms with E-state index >= 15 is 0 Å². The van der Waals surface area contributed by atoms with Gasteiger partial charge >= 0.3 is 0 Å². The summed E-state index contributed by atoms with van der Waals surface area (Å²) >= 11 is 0. The van der Waals surface area contributed by atoms with Crippen molar-refractivity contribution in [1.82, 2.24) is 20.2 Å². The fraction of sp³-hybridized carbons (Fsp3) is 0.125. The summed E-state index contributed by atoms with van der Waals surface area (Å²) in [5.41, 5.74) is 2.43. The highest BCUT2D eigenvalue weighted by molar-refractivity contribution is 5.75. The predicted molar refractivity (Wildman–Crippen MR) is 44.4 cm³/mol. The van der Waals surface area contributed by atoms with E-state index in [2.05, 4.69) is 26.1 Å². The van der Waals surface area contributed by atoms with Crippen molar-refractivity contribution in [2.75, 3.05) is 0 Å². The molecule has 0 spiro atoms. The number of aryl methyl sites for hydroxylation is 1. The van der Waals surface area contributed by atoms with Crippen molar-refractivity contribution in [1.29, 1.82) is 0 Å². The zero-order chi connectivity index (χ0) is 8.55. The summed E-state index contributed by atoms with van der Waals surface area (Å²) in [5, 5.41) is 6.64. The summed E-state index contributed by atoms with van der Waals surface area (Å²) in [6, 6.07) is 0. The van der Waals surface area contributed by atoms with Crippen LogP contribution in [0.4, 0.5) is 0 Å². The summed E-state index contributed by atoms with van der Waals surface area (Å²) in [6.07, 6.45) is 6.80. The minimum Gasteiger partial charge on any atom is -0.274 e. The Morgan fingerprint density at radius 2 is 2.33 bits per heavy atom. The van der Waals surface area contributed by atoms with Crippen LogP contribution in [-0.4, -0.2) is 20.2 Å². The molecule has 0 fully saturated rings. The normalized spacial score (nSPS) is 10.0. The van der Waals surface area contributed by atoms with Gasteiger partial charge in [-0.05, 0) is 12.8 Å². The number of nitrogens with one attached hydrogen (secondary N) is 1. The largest absolute Gasteiger partial charge is 0.274 e. The van der Waals surface area contributed by atoms with E-state index < -0.39 is 0 Å². The van der Waals surface area contributed by atoms with E-state index in [0.717, 1.165) is 16.7 Å². The van der Waals surface area contributed by atoms with Crippen molar-refractivity contribution in [2.24, 2.45) is 0 Å². The summed E-state index contributed by atoms with van der Waals surface area (Å²) in [6.45, 7) is 1.86. The van der Waals surface area contributed by atoms with Crippen molar-refractivity contribution in [3.63, 3.8) is 0 Å². The molecule has 2 aromatic rings. The fourth-order valence-corrected chi connectivity index (χ4v) is 1.05. The van der Waals surface area contributed by atoms with Crippen molar-refractivity contribution in [2.45, 2.75) is 6.92 Å². The molecule has 12 heavy (non-hydrogen) atoms. The summed E-state index contributed by atoms with van der Waals surface area (Å²) in [4.78, 5) is 8.15. The number of hydrogen-bond donors (Lipinski definition) is 1. The van der Waals surface area contributed by atoms with Gasteiger partial charge in [0, 0.05) is 0 Å². The molecule has 0 saturated heterocycles. The Hall–Kier alpha value is -1.89. The van der Waals surface area contributed by atoms with Crippen molar-refractivity contribution >= 4 is 11.0 Å². The molecule has 0 aliphatic carbocycles. The maximum atomic E-state index is 5.17. The van der Waals surface area contributed by atoms with Crippen LogP contribution in [0.5, 0.6) is 0 Å². The molecular formula is C8H6N4. The third kappa shape index (κ3) is 0.839. The molecule has 0 aliphatic rings. The topological polar surface area (TPSA) is 54.5 Å². The van der Waals surface area contributed by atoms with Crippen LogP contribution in [0.25, 0.3) is 11.0 Å². The zero-order valence-electron chi connectivity index (χ0n) is 6.50. The van der Waals surface area contributed by atoms with E-state index in [9.17, 15) is 0 Å². The van der Waals surface area contributed by atoms with Gasteiger partial charge in [-0.3, -0.25) is 5.10 Å². The Labute approximate surface area is 69.0 Å². The van der Waals surface area contributed by atoms with Gasteiger partial charge in [-0.15, -0.1) is 6.42 Å². The second-order valence-corrected chi connectivity index (χ2v) is 2.41. The van der Waals surface area contributed by atoms with Gasteiger partial charge in [0.05, 0.1) is 11.9 Å². The molecule has 58 valence electrons. The third-order valence-corrected chi connectivity index (χ3v) is 1.61. The van der Waals surface area contributed by atoms with E-state index in [1.807, 2.05) is 6.92 Å². The first kappa shape index (κ1) is 6.80. The SMILES string of the molecule is C#Cc1nc(C)c2[nH]ncc2n1. The first-order valence-electron chi connectivity index (χ1n) is 3.45. The fourth-order valence-electron chi connectivity index (χ4n) is 1.05. The number of terminal acetylenes is 1. The van der Waals surface area contributed by atoms with Gasteiger partial charge in [-0.2, -0.15) is 5.10 Å². The average molecular weight is 158 g/mol. The second-order valence-electron chi connectivity index (χ2n) is 2.41. The lowest BCUT2D eigenvalue weighted by Crippen LogP contribution is -1.92. The number of hydrogen-bond acceptors (Lipinski definition) is 3. The monoisotopic (exact) mass is 158 g/mol. The highest BCUT2D eigenvalue weighted by atomic mass is 15.1. The molecule has 0 aliphatic heterocycles. The summed E-state index contributed by atoms with van der Waals surface area (Å²) in [7, 11) is 0. The standard InChI is InChI=1S/C8H6N4/c1-3-7-10-5(2)8-6(11-7)4-9-12-8/h1,4H,2H3,(H,9,12). The molecule has 0 radical (unpaired) electrons. The van der Waals surface area contributed by atoms with Gasteiger partial charge in [0.1, 0.15) is 11.0 Å². The Kier molecular flexibility index (Phi) is 1.31. The van der Waals surface area contributed by atoms with Crippen LogP contribution in [0.1, 0.15) is 11.5 Å². The van der Waals surface area contributed by atoms with Crippen LogP contribution in [0.15, 0.2) is 6.20 Å². The number of aromatic nitrogens is 4. The van der Waals surface area contributed by atoms with Gasteiger partial charge < -0.3 is 0 Å². The summed E-state index contributed by atoms with van der Waals surface area (Å²) < 4.78 is 0. The van der Waals surface area contributed by atoms with Gasteiger partial charge in [-0.1, -0.05) is 0 Å². The van der Waals surface area contributed by atoms with Crippen LogP contribution >= 0.6 is 0 Å². The molecule has 0 unspecified atom stereocenters. The van der Waals surface area contributed by atoms with E-state index in [4.69, 9.17) is 6.42 Å². The molecule has 2 rings (SSSR count). The molecule has 0 bridgehead atoms. The molecular weight excluding hydrogens is 152 g/mol. The van der Waals surface area contributed by atoms with Crippen LogP contribution in [-0.2, 0) is 0 Å². The maximum absolute atomic E-state index is 5.17. The highest BCUT2D eigenvalue weighted by Gasteiger charge is 2.03. The lowest BCUT2D eigenvalue weighted by molar-refractivity contribution is 1.08. The molecule has 0 atom stereocenters. The summed E-state index contributed by atoms with van der Waals surface area (Å²) in [5.74, 6) is 2.79. The lowest BCUT2D eigenvalue weighted by atomic mass is 10.3. The van der Waals surface area contributed by atoms with Gasteiger partial charge in [0.25, 0.3) is 0 Å². The van der Waals surface area contributed by atoms with Crippen molar-refractivity contribution in [3.8, 4) is 12.3 Å². The molecule has 0 amide bonds. The molecule has 0 aromatic carbocycles. The van der Waals surface area contributed by atoms with E-state index in [-0.39, 0.29) is 0 Å². The second kappa shape index (κ2) is 2.31. The van der Waals surface area contributed by atoms with Crippen molar-refractivity contribution in [3.05, 3.63) is 17.7 Å². The van der Waals surface area contributed by atoms with Gasteiger partial charge in [0.2, 0.25) is 5.82 Å². The Morgan fingerprint density at radius 1 is 1.50 bits per heavy atom. The first-order chi connectivity index (χ1) is 5.81. The molecule has 4 heteroatoms. The number of nitrogens with zero attached hydrogens (tertiary/aromatic N) is 3. The van der Waals surface area contributed by atoms with Gasteiger partial charge in [-0.25, -0.2) is 9.97 Å². The first-order valence-corrected chi connectivity index (χ1v) is 3.45. The smallest absolute Gasteiger partial charge is 0.205 e. The Bertz CT molecular complexity index is 463. The van der Waals surface area contributed by atoms with E-state index in [1.165, 1.54) is 0 Å². The quantitative estimate of drug-likeness (QED) is 0.572. The lowest BCUT2D eigenvalue weighted by Gasteiger charge is -1.94. The molecule has 4 nitrogen and oxygen atoms in total. The van der Waals surface area contributed by atoms with Crippen LogP contribution in [0, 0.1) is 19.3 Å². The minimum absolute atomic E-state index is 0.404. The van der Waals surface area contributed by atoms with E-state index in [1.54, 1.807) is 6.20 Å². The van der Waals surface area contributed by atoms with Crippen LogP contribution in [0.3, 0.4) is 0 Å². The molecule has 1 N–H and O–H groups in total.